The van der Waals surface area contributed by atoms with Gasteiger partial charge in [-0.25, -0.2) is 0 Å². The van der Waals surface area contributed by atoms with E-state index in [2.05, 4.69) is 10.3 Å². The Morgan fingerprint density at radius 1 is 0.970 bits per heavy atom. The van der Waals surface area contributed by atoms with Crippen LogP contribution in [0.15, 0.2) is 72.9 Å². The number of nitrogens with one attached hydrogen (secondary N) is 1. The second-order valence-corrected chi connectivity index (χ2v) is 8.49. The number of rotatable bonds is 7. The molecule has 5 nitrogen and oxygen atoms in total. The van der Waals surface area contributed by atoms with Crippen LogP contribution in [0.2, 0.25) is 10.0 Å². The molecule has 0 fully saturated rings. The van der Waals surface area contributed by atoms with Gasteiger partial charge in [-0.15, -0.1) is 0 Å². The summed E-state index contributed by atoms with van der Waals surface area (Å²) in [6.07, 6.45) is 1.49. The van der Waals surface area contributed by atoms with Gasteiger partial charge in [0.15, 0.2) is 0 Å². The van der Waals surface area contributed by atoms with E-state index >= 15 is 0 Å². The Morgan fingerprint density at radius 3 is 2.33 bits per heavy atom. The Morgan fingerprint density at radius 2 is 1.67 bits per heavy atom. The van der Waals surface area contributed by atoms with Crippen molar-refractivity contribution in [1.82, 2.24) is 4.98 Å². The zero-order chi connectivity index (χ0) is 23.5. The molecule has 0 saturated carbocycles. The molecule has 0 bridgehead atoms. The van der Waals surface area contributed by atoms with Crippen LogP contribution in [0.4, 0.5) is 5.69 Å². The van der Waals surface area contributed by atoms with Crippen LogP contribution in [-0.2, 0) is 11.3 Å². The summed E-state index contributed by atoms with van der Waals surface area (Å²) in [5.74, 6) is -1.89. The molecule has 4 aromatic rings. The molecule has 1 atom stereocenters. The molecule has 0 aliphatic rings. The highest BCUT2D eigenvalue weighted by molar-refractivity contribution is 6.42. The van der Waals surface area contributed by atoms with E-state index in [1.54, 1.807) is 37.3 Å². The maximum atomic E-state index is 13.2. The first-order valence-electron chi connectivity index (χ1n) is 10.3. The van der Waals surface area contributed by atoms with Crippen LogP contribution in [0.25, 0.3) is 10.8 Å². The number of nitrogens with zero attached hydrogens (tertiary/aromatic N) is 1. The van der Waals surface area contributed by atoms with Gasteiger partial charge in [-0.1, -0.05) is 53.5 Å². The molecule has 166 valence electrons. The van der Waals surface area contributed by atoms with Gasteiger partial charge in [0, 0.05) is 29.4 Å². The van der Waals surface area contributed by atoms with Crippen LogP contribution in [0, 0.1) is 0 Å². The number of aromatic nitrogens is 1. The number of hydrogen-bond acceptors (Lipinski definition) is 4. The quantitative estimate of drug-likeness (QED) is 0.293. The highest BCUT2D eigenvalue weighted by Crippen LogP contribution is 2.28. The molecule has 1 aromatic heterocycles. The average molecular weight is 479 g/mol. The fourth-order valence-corrected chi connectivity index (χ4v) is 3.92. The van der Waals surface area contributed by atoms with E-state index in [0.717, 1.165) is 11.3 Å². The van der Waals surface area contributed by atoms with E-state index in [1.807, 2.05) is 36.4 Å². The second kappa shape index (κ2) is 9.61. The molecular formula is C26H20Cl2N2O3. The standard InChI is InChI=1S/C26H20Cl2N2O3/c1-15(26(32)33)21-14-30-24(20-5-3-2-4-19(20)21)25(31)17-7-9-18(10-8-17)29-13-16-6-11-22(27)23(28)12-16/h2-12,14-15,29H,13H2,1H3,(H,32,33). The maximum Gasteiger partial charge on any atom is 0.310 e. The number of carboxylic acids is 1. The Hall–Kier alpha value is -3.41. The number of ketones is 1. The van der Waals surface area contributed by atoms with Crippen LogP contribution < -0.4 is 5.32 Å². The van der Waals surface area contributed by atoms with Gasteiger partial charge in [0.2, 0.25) is 5.78 Å². The molecule has 1 heterocycles. The number of anilines is 1. The van der Waals surface area contributed by atoms with Gasteiger partial charge >= 0.3 is 5.97 Å². The minimum atomic E-state index is -0.940. The predicted octanol–water partition coefficient (Wildman–Crippen LogP) is 6.57. The molecular weight excluding hydrogens is 459 g/mol. The van der Waals surface area contributed by atoms with Gasteiger partial charge in [0.05, 0.1) is 16.0 Å². The summed E-state index contributed by atoms with van der Waals surface area (Å²) in [7, 11) is 0. The Bertz CT molecular complexity index is 1350. The zero-order valence-electron chi connectivity index (χ0n) is 17.7. The van der Waals surface area contributed by atoms with Crippen molar-refractivity contribution in [2.45, 2.75) is 19.4 Å². The van der Waals surface area contributed by atoms with E-state index < -0.39 is 11.9 Å². The third-order valence-electron chi connectivity index (χ3n) is 5.51. The third-order valence-corrected chi connectivity index (χ3v) is 6.24. The normalized spacial score (nSPS) is 11.8. The van der Waals surface area contributed by atoms with Crippen molar-refractivity contribution in [2.24, 2.45) is 0 Å². The van der Waals surface area contributed by atoms with E-state index in [0.29, 0.717) is 44.2 Å². The van der Waals surface area contributed by atoms with Crippen LogP contribution >= 0.6 is 23.2 Å². The van der Waals surface area contributed by atoms with Gasteiger partial charge in [-0.05, 0) is 59.8 Å². The number of carboxylic acid groups (broad SMARTS) is 1. The molecule has 0 saturated heterocycles. The van der Waals surface area contributed by atoms with Gasteiger partial charge in [-0.3, -0.25) is 14.6 Å². The number of aliphatic carboxylic acids is 1. The summed E-state index contributed by atoms with van der Waals surface area (Å²) >= 11 is 12.0. The lowest BCUT2D eigenvalue weighted by atomic mass is 9.94. The molecule has 4 rings (SSSR count). The van der Waals surface area contributed by atoms with Gasteiger partial charge < -0.3 is 10.4 Å². The number of benzene rings is 3. The lowest BCUT2D eigenvalue weighted by Crippen LogP contribution is -2.11. The molecule has 0 spiro atoms. The summed E-state index contributed by atoms with van der Waals surface area (Å²) < 4.78 is 0. The molecule has 1 unspecified atom stereocenters. The van der Waals surface area contributed by atoms with E-state index in [9.17, 15) is 14.7 Å². The van der Waals surface area contributed by atoms with Crippen LogP contribution in [0.3, 0.4) is 0 Å². The topological polar surface area (TPSA) is 79.3 Å². The fraction of sp³-hybridized carbons (Fsp3) is 0.115. The average Bonchev–Trinajstić information content (AvgIpc) is 2.83. The Kier molecular flexibility index (Phi) is 6.63. The first kappa shape index (κ1) is 22.8. The number of pyridine rings is 1. The molecule has 7 heteroatoms. The summed E-state index contributed by atoms with van der Waals surface area (Å²) in [4.78, 5) is 29.0. The number of hydrogen-bond donors (Lipinski definition) is 2. The van der Waals surface area contributed by atoms with Crippen molar-refractivity contribution in [3.05, 3.63) is 105 Å². The zero-order valence-corrected chi connectivity index (χ0v) is 19.2. The van der Waals surface area contributed by atoms with Crippen molar-refractivity contribution >= 4 is 51.4 Å². The Labute approximate surface area is 201 Å². The minimum Gasteiger partial charge on any atom is -0.481 e. The lowest BCUT2D eigenvalue weighted by molar-refractivity contribution is -0.138. The molecule has 2 N–H and O–H groups in total. The molecule has 0 aliphatic carbocycles. The SMILES string of the molecule is CC(C(=O)O)c1cnc(C(=O)c2ccc(NCc3ccc(Cl)c(Cl)c3)cc2)c2ccccc12. The summed E-state index contributed by atoms with van der Waals surface area (Å²) in [6.45, 7) is 2.16. The second-order valence-electron chi connectivity index (χ2n) is 7.68. The molecule has 0 amide bonds. The smallest absolute Gasteiger partial charge is 0.310 e. The molecule has 3 aromatic carbocycles. The number of carbonyl (C=O) groups is 2. The van der Waals surface area contributed by atoms with Crippen molar-refractivity contribution in [3.63, 3.8) is 0 Å². The highest BCUT2D eigenvalue weighted by atomic mass is 35.5. The summed E-state index contributed by atoms with van der Waals surface area (Å²) in [5, 5.41) is 15.1. The van der Waals surface area contributed by atoms with Gasteiger partial charge in [0.1, 0.15) is 5.69 Å². The van der Waals surface area contributed by atoms with Gasteiger partial charge in [-0.2, -0.15) is 0 Å². The van der Waals surface area contributed by atoms with Crippen molar-refractivity contribution in [3.8, 4) is 0 Å². The fourth-order valence-electron chi connectivity index (χ4n) is 3.60. The molecule has 0 radical (unpaired) electrons. The largest absolute Gasteiger partial charge is 0.481 e. The van der Waals surface area contributed by atoms with Crippen LogP contribution in [0.1, 0.15) is 40.0 Å². The van der Waals surface area contributed by atoms with E-state index in [4.69, 9.17) is 23.2 Å². The number of carbonyl (C=O) groups excluding carboxylic acids is 1. The summed E-state index contributed by atoms with van der Waals surface area (Å²) in [5.41, 5.74) is 3.20. The van der Waals surface area contributed by atoms with Crippen molar-refractivity contribution < 1.29 is 14.7 Å². The molecule has 33 heavy (non-hydrogen) atoms. The lowest BCUT2D eigenvalue weighted by Gasteiger charge is -2.13. The third kappa shape index (κ3) is 4.85. The first-order chi connectivity index (χ1) is 15.8. The van der Waals surface area contributed by atoms with Crippen LogP contribution in [0.5, 0.6) is 0 Å². The van der Waals surface area contributed by atoms with Crippen LogP contribution in [-0.4, -0.2) is 21.8 Å². The van der Waals surface area contributed by atoms with Crippen molar-refractivity contribution in [1.29, 1.82) is 0 Å². The number of fused-ring (bicyclic) bond motifs is 1. The first-order valence-corrected chi connectivity index (χ1v) is 11.0. The van der Waals surface area contributed by atoms with Gasteiger partial charge in [0.25, 0.3) is 0 Å². The van der Waals surface area contributed by atoms with Crippen molar-refractivity contribution in [2.75, 3.05) is 5.32 Å². The maximum absolute atomic E-state index is 13.2. The Balaban J connectivity index is 1.56. The molecule has 0 aliphatic heterocycles. The van der Waals surface area contributed by atoms with E-state index in [-0.39, 0.29) is 5.78 Å². The minimum absolute atomic E-state index is 0.225. The number of halogens is 2. The predicted molar refractivity (Wildman–Crippen MR) is 131 cm³/mol. The highest BCUT2D eigenvalue weighted by Gasteiger charge is 2.21. The van der Waals surface area contributed by atoms with E-state index in [1.165, 1.54) is 6.20 Å². The monoisotopic (exact) mass is 478 g/mol. The summed E-state index contributed by atoms with van der Waals surface area (Å²) in [6, 6.07) is 19.8.